The van der Waals surface area contributed by atoms with E-state index in [1.165, 1.54) is 13.8 Å². The Balaban J connectivity index is 2.06. The van der Waals surface area contributed by atoms with E-state index in [4.69, 9.17) is 14.2 Å². The van der Waals surface area contributed by atoms with Gasteiger partial charge in [0.25, 0.3) is 0 Å². The molecule has 1 saturated heterocycles. The van der Waals surface area contributed by atoms with Gasteiger partial charge in [0.15, 0.2) is 0 Å². The van der Waals surface area contributed by atoms with E-state index in [1.807, 2.05) is 13.8 Å². The first-order valence-electron chi connectivity index (χ1n) is 8.99. The van der Waals surface area contributed by atoms with E-state index in [1.54, 1.807) is 0 Å². The standard InChI is InChI=1S/C19H26O7/c1-8-6-12-15(9(2)18(23)26-12)17(22)19(5)14(25-11(4)21)7-13(16(8)19)24-10(3)20/h8,12-17,22H,2,6-7H2,1,3-5H3/t8-,12+,13+,14+,15-,16-,17+,19-/m1/s1. The first-order chi connectivity index (χ1) is 12.1. The molecule has 2 saturated carbocycles. The normalized spacial score (nSPS) is 44.6. The molecule has 2 aliphatic carbocycles. The Bertz CT molecular complexity index is 656. The van der Waals surface area contributed by atoms with Crippen LogP contribution in [0.1, 0.15) is 40.5 Å². The van der Waals surface area contributed by atoms with Crippen molar-refractivity contribution in [1.82, 2.24) is 0 Å². The maximum Gasteiger partial charge on any atom is 0.334 e. The van der Waals surface area contributed by atoms with Gasteiger partial charge in [-0.15, -0.1) is 0 Å². The monoisotopic (exact) mass is 366 g/mol. The van der Waals surface area contributed by atoms with Crippen molar-refractivity contribution in [1.29, 1.82) is 0 Å². The fraction of sp³-hybridized carbons (Fsp3) is 0.737. The Morgan fingerprint density at radius 1 is 1.23 bits per heavy atom. The van der Waals surface area contributed by atoms with E-state index in [0.717, 1.165) is 0 Å². The molecule has 0 aromatic heterocycles. The van der Waals surface area contributed by atoms with Gasteiger partial charge in [0.1, 0.15) is 18.3 Å². The first-order valence-corrected chi connectivity index (χ1v) is 8.99. The summed E-state index contributed by atoms with van der Waals surface area (Å²) in [5.41, 5.74) is -0.643. The number of carbonyl (C=O) groups excluding carboxylic acids is 3. The van der Waals surface area contributed by atoms with E-state index in [9.17, 15) is 19.5 Å². The second kappa shape index (κ2) is 6.37. The summed E-state index contributed by atoms with van der Waals surface area (Å²) in [5, 5.41) is 11.3. The van der Waals surface area contributed by atoms with Gasteiger partial charge in [-0.2, -0.15) is 0 Å². The van der Waals surface area contributed by atoms with Crippen LogP contribution in [-0.4, -0.2) is 47.4 Å². The molecular formula is C19H26O7. The van der Waals surface area contributed by atoms with Crippen LogP contribution in [0.4, 0.5) is 0 Å². The van der Waals surface area contributed by atoms with Crippen LogP contribution in [0.5, 0.6) is 0 Å². The molecule has 26 heavy (non-hydrogen) atoms. The van der Waals surface area contributed by atoms with Crippen LogP contribution in [0.3, 0.4) is 0 Å². The van der Waals surface area contributed by atoms with Crippen LogP contribution >= 0.6 is 0 Å². The lowest BCUT2D eigenvalue weighted by Gasteiger charge is -2.42. The number of aliphatic hydroxyl groups excluding tert-OH is 1. The number of ether oxygens (including phenoxy) is 3. The summed E-state index contributed by atoms with van der Waals surface area (Å²) < 4.78 is 16.5. The molecule has 1 aliphatic heterocycles. The lowest BCUT2D eigenvalue weighted by molar-refractivity contribution is -0.162. The first kappa shape index (κ1) is 18.9. The van der Waals surface area contributed by atoms with Crippen LogP contribution < -0.4 is 0 Å². The largest absolute Gasteiger partial charge is 0.462 e. The Morgan fingerprint density at radius 2 is 1.85 bits per heavy atom. The van der Waals surface area contributed by atoms with Gasteiger partial charge >= 0.3 is 17.9 Å². The number of aliphatic hydroxyl groups is 1. The highest BCUT2D eigenvalue weighted by atomic mass is 16.6. The van der Waals surface area contributed by atoms with Crippen molar-refractivity contribution in [3.63, 3.8) is 0 Å². The smallest absolute Gasteiger partial charge is 0.334 e. The van der Waals surface area contributed by atoms with Gasteiger partial charge in [-0.25, -0.2) is 4.79 Å². The predicted octanol–water partition coefficient (Wildman–Crippen LogP) is 1.37. The van der Waals surface area contributed by atoms with Gasteiger partial charge in [0.2, 0.25) is 0 Å². The number of carbonyl (C=O) groups is 3. The molecule has 3 aliphatic rings. The molecule has 0 aromatic rings. The van der Waals surface area contributed by atoms with Crippen LogP contribution in [0, 0.1) is 23.2 Å². The van der Waals surface area contributed by atoms with Gasteiger partial charge < -0.3 is 19.3 Å². The van der Waals surface area contributed by atoms with E-state index >= 15 is 0 Å². The summed E-state index contributed by atoms with van der Waals surface area (Å²) in [6, 6.07) is 0. The van der Waals surface area contributed by atoms with Gasteiger partial charge in [0, 0.05) is 37.2 Å². The molecule has 0 radical (unpaired) electrons. The van der Waals surface area contributed by atoms with Crippen molar-refractivity contribution in [2.45, 2.75) is 65.0 Å². The van der Waals surface area contributed by atoms with E-state index in [2.05, 4.69) is 6.58 Å². The minimum Gasteiger partial charge on any atom is -0.462 e. The Morgan fingerprint density at radius 3 is 2.42 bits per heavy atom. The summed E-state index contributed by atoms with van der Waals surface area (Å²) in [7, 11) is 0. The summed E-state index contributed by atoms with van der Waals surface area (Å²) in [6.07, 6.45) is -1.74. The average molecular weight is 366 g/mol. The highest BCUT2D eigenvalue weighted by molar-refractivity contribution is 5.91. The number of hydrogen-bond acceptors (Lipinski definition) is 7. The lowest BCUT2D eigenvalue weighted by atomic mass is 9.67. The molecule has 1 heterocycles. The number of esters is 3. The molecule has 0 aromatic carbocycles. The van der Waals surface area contributed by atoms with Crippen LogP contribution in [-0.2, 0) is 28.6 Å². The zero-order valence-electron chi connectivity index (χ0n) is 15.6. The van der Waals surface area contributed by atoms with Crippen molar-refractivity contribution < 1.29 is 33.7 Å². The molecular weight excluding hydrogens is 340 g/mol. The molecule has 0 spiro atoms. The number of hydrogen-bond donors (Lipinski definition) is 1. The zero-order chi connectivity index (χ0) is 19.4. The molecule has 0 amide bonds. The Labute approximate surface area is 152 Å². The molecule has 8 atom stereocenters. The second-order valence-corrected chi connectivity index (χ2v) is 8.03. The summed E-state index contributed by atoms with van der Waals surface area (Å²) in [6.45, 7) is 10.3. The second-order valence-electron chi connectivity index (χ2n) is 8.03. The van der Waals surface area contributed by atoms with Gasteiger partial charge in [-0.1, -0.05) is 20.4 Å². The van der Waals surface area contributed by atoms with Gasteiger partial charge in [0.05, 0.1) is 12.0 Å². The Kier molecular flexibility index (Phi) is 4.63. The fourth-order valence-electron chi connectivity index (χ4n) is 5.44. The van der Waals surface area contributed by atoms with Crippen LogP contribution in [0.25, 0.3) is 0 Å². The fourth-order valence-corrected chi connectivity index (χ4v) is 5.44. The molecule has 0 unspecified atom stereocenters. The Hall–Kier alpha value is -1.89. The van der Waals surface area contributed by atoms with Gasteiger partial charge in [-0.3, -0.25) is 9.59 Å². The summed E-state index contributed by atoms with van der Waals surface area (Å²) in [4.78, 5) is 35.2. The van der Waals surface area contributed by atoms with Gasteiger partial charge in [-0.05, 0) is 12.3 Å². The van der Waals surface area contributed by atoms with Crippen LogP contribution in [0.15, 0.2) is 12.2 Å². The summed E-state index contributed by atoms with van der Waals surface area (Å²) >= 11 is 0. The molecule has 0 bridgehead atoms. The minimum atomic E-state index is -1.01. The molecule has 3 rings (SSSR count). The van der Waals surface area contributed by atoms with Crippen molar-refractivity contribution in [3.05, 3.63) is 12.2 Å². The van der Waals surface area contributed by atoms with Crippen molar-refractivity contribution in [2.24, 2.45) is 23.2 Å². The van der Waals surface area contributed by atoms with Crippen LogP contribution in [0.2, 0.25) is 0 Å². The molecule has 7 nitrogen and oxygen atoms in total. The molecule has 1 N–H and O–H groups in total. The maximum absolute atomic E-state index is 12.0. The third-order valence-corrected chi connectivity index (χ3v) is 6.40. The highest BCUT2D eigenvalue weighted by Crippen LogP contribution is 2.58. The van der Waals surface area contributed by atoms with Crippen molar-refractivity contribution in [3.8, 4) is 0 Å². The average Bonchev–Trinajstić information content (AvgIpc) is 2.90. The molecule has 144 valence electrons. The molecule has 7 heteroatoms. The quantitative estimate of drug-likeness (QED) is 0.448. The van der Waals surface area contributed by atoms with E-state index in [0.29, 0.717) is 12.8 Å². The lowest BCUT2D eigenvalue weighted by Crippen LogP contribution is -2.50. The van der Waals surface area contributed by atoms with E-state index < -0.39 is 53.7 Å². The third-order valence-electron chi connectivity index (χ3n) is 6.40. The van der Waals surface area contributed by atoms with Crippen molar-refractivity contribution in [2.75, 3.05) is 0 Å². The minimum absolute atomic E-state index is 0.0201. The third kappa shape index (κ3) is 2.73. The topological polar surface area (TPSA) is 99.1 Å². The summed E-state index contributed by atoms with van der Waals surface area (Å²) in [5.74, 6) is -2.18. The number of fused-ring (bicyclic) bond motifs is 2. The van der Waals surface area contributed by atoms with Crippen molar-refractivity contribution >= 4 is 17.9 Å². The van der Waals surface area contributed by atoms with E-state index in [-0.39, 0.29) is 17.4 Å². The zero-order valence-corrected chi connectivity index (χ0v) is 15.6. The maximum atomic E-state index is 12.0. The molecule has 3 fully saturated rings. The number of rotatable bonds is 2. The highest BCUT2D eigenvalue weighted by Gasteiger charge is 2.66. The predicted molar refractivity (Wildman–Crippen MR) is 89.6 cm³/mol. The SMILES string of the molecule is C=C1C(=O)O[C@H]2C[C@@H](C)[C@@H]3[C@@H](OC(C)=O)C[C@H](OC(C)=O)[C@@]3(C)[C@@H](O)[C@H]12.